The molecule has 5 heteroatoms. The number of aliphatic hydroxyl groups is 1. The molecule has 0 radical (unpaired) electrons. The first kappa shape index (κ1) is 10.3. The van der Waals surface area contributed by atoms with Gasteiger partial charge in [-0.2, -0.15) is 0 Å². The molecule has 1 aromatic carbocycles. The lowest BCUT2D eigenvalue weighted by Gasteiger charge is -2.07. The van der Waals surface area contributed by atoms with Gasteiger partial charge in [-0.25, -0.2) is 4.79 Å². The van der Waals surface area contributed by atoms with Gasteiger partial charge in [0.25, 0.3) is 0 Å². The number of carboxylic acid groups (broad SMARTS) is 1. The number of aliphatic hydroxyl groups excluding tert-OH is 1. The quantitative estimate of drug-likeness (QED) is 0.600. The van der Waals surface area contributed by atoms with Gasteiger partial charge in [0, 0.05) is 0 Å². The normalized spacial score (nSPS) is 9.79. The molecule has 0 spiro atoms. The molecule has 0 aliphatic rings. The second kappa shape index (κ2) is 4.48. The van der Waals surface area contributed by atoms with Crippen LogP contribution in [0.5, 0.6) is 5.75 Å². The molecule has 4 N–H and O–H groups in total. The summed E-state index contributed by atoms with van der Waals surface area (Å²) in [6.45, 7) is -0.581. The van der Waals surface area contributed by atoms with Gasteiger partial charge >= 0.3 is 5.97 Å². The van der Waals surface area contributed by atoms with E-state index < -0.39 is 12.6 Å². The van der Waals surface area contributed by atoms with E-state index in [9.17, 15) is 4.79 Å². The Morgan fingerprint density at radius 2 is 2.21 bits per heavy atom. The van der Waals surface area contributed by atoms with Crippen molar-refractivity contribution in [3.8, 4) is 5.75 Å². The summed E-state index contributed by atoms with van der Waals surface area (Å²) in [5.41, 5.74) is 6.51. The van der Waals surface area contributed by atoms with Crippen LogP contribution in [0.2, 0.25) is 0 Å². The SMILES string of the molecule is Nc1ccc(CO)cc1OCC(=O)O. The number of anilines is 1. The van der Waals surface area contributed by atoms with Crippen LogP contribution in [0.1, 0.15) is 5.56 Å². The molecule has 5 nitrogen and oxygen atoms in total. The lowest BCUT2D eigenvalue weighted by atomic mass is 10.2. The van der Waals surface area contributed by atoms with Crippen molar-refractivity contribution in [2.45, 2.75) is 6.61 Å². The van der Waals surface area contributed by atoms with Crippen LogP contribution >= 0.6 is 0 Å². The number of carbonyl (C=O) groups is 1. The largest absolute Gasteiger partial charge is 0.480 e. The molecule has 0 bridgehead atoms. The van der Waals surface area contributed by atoms with Crippen molar-refractivity contribution in [1.29, 1.82) is 0 Å². The monoisotopic (exact) mass is 197 g/mol. The van der Waals surface area contributed by atoms with E-state index in [1.165, 1.54) is 6.07 Å². The summed E-state index contributed by atoms with van der Waals surface area (Å²) in [6, 6.07) is 4.71. The highest BCUT2D eigenvalue weighted by atomic mass is 16.5. The first-order valence-electron chi connectivity index (χ1n) is 3.97. The second-order valence-electron chi connectivity index (χ2n) is 2.71. The van der Waals surface area contributed by atoms with Gasteiger partial charge in [-0.15, -0.1) is 0 Å². The Bertz CT molecular complexity index is 338. The predicted molar refractivity (Wildman–Crippen MR) is 49.9 cm³/mol. The van der Waals surface area contributed by atoms with Crippen LogP contribution in [0, 0.1) is 0 Å². The molecule has 0 saturated heterocycles. The molecule has 0 amide bonds. The first-order chi connectivity index (χ1) is 6.63. The number of rotatable bonds is 4. The average molecular weight is 197 g/mol. The molecular formula is C9H11NO4. The molecular weight excluding hydrogens is 186 g/mol. The molecule has 1 rings (SSSR count). The van der Waals surface area contributed by atoms with Gasteiger partial charge in [0.05, 0.1) is 12.3 Å². The third-order valence-corrected chi connectivity index (χ3v) is 1.61. The number of carboxylic acids is 1. The van der Waals surface area contributed by atoms with Gasteiger partial charge in [-0.3, -0.25) is 0 Å². The van der Waals surface area contributed by atoms with Crippen molar-refractivity contribution in [3.63, 3.8) is 0 Å². The summed E-state index contributed by atoms with van der Waals surface area (Å²) in [6.07, 6.45) is 0. The van der Waals surface area contributed by atoms with Gasteiger partial charge in [0.15, 0.2) is 6.61 Å². The maximum absolute atomic E-state index is 10.2. The smallest absolute Gasteiger partial charge is 0.341 e. The number of nitrogen functional groups attached to an aromatic ring is 1. The Morgan fingerprint density at radius 3 is 2.79 bits per heavy atom. The Hall–Kier alpha value is -1.75. The van der Waals surface area contributed by atoms with Crippen LogP contribution in [0.15, 0.2) is 18.2 Å². The molecule has 0 fully saturated rings. The Kier molecular flexibility index (Phi) is 3.30. The van der Waals surface area contributed by atoms with E-state index in [4.69, 9.17) is 20.7 Å². The highest BCUT2D eigenvalue weighted by molar-refractivity contribution is 5.69. The van der Waals surface area contributed by atoms with Crippen LogP contribution in [-0.2, 0) is 11.4 Å². The van der Waals surface area contributed by atoms with Gasteiger partial charge in [0.1, 0.15) is 5.75 Å². The summed E-state index contributed by atoms with van der Waals surface area (Å²) < 4.78 is 4.91. The van der Waals surface area contributed by atoms with Crippen LogP contribution in [-0.4, -0.2) is 22.8 Å². The van der Waals surface area contributed by atoms with Crippen molar-refractivity contribution in [1.82, 2.24) is 0 Å². The number of aliphatic carboxylic acids is 1. The Morgan fingerprint density at radius 1 is 1.50 bits per heavy atom. The zero-order valence-corrected chi connectivity index (χ0v) is 7.43. The second-order valence-corrected chi connectivity index (χ2v) is 2.71. The van der Waals surface area contributed by atoms with Crippen LogP contribution in [0.3, 0.4) is 0 Å². The van der Waals surface area contributed by atoms with Crippen molar-refractivity contribution >= 4 is 11.7 Å². The Balaban J connectivity index is 2.78. The van der Waals surface area contributed by atoms with Crippen molar-refractivity contribution in [2.24, 2.45) is 0 Å². The first-order valence-corrected chi connectivity index (χ1v) is 3.97. The number of hydrogen-bond acceptors (Lipinski definition) is 4. The molecule has 0 aliphatic heterocycles. The van der Waals surface area contributed by atoms with E-state index in [1.54, 1.807) is 12.1 Å². The fourth-order valence-corrected chi connectivity index (χ4v) is 0.942. The minimum Gasteiger partial charge on any atom is -0.480 e. The Labute approximate surface area is 80.7 Å². The third kappa shape index (κ3) is 2.63. The highest BCUT2D eigenvalue weighted by Crippen LogP contribution is 2.22. The molecule has 1 aromatic rings. The van der Waals surface area contributed by atoms with Crippen molar-refractivity contribution < 1.29 is 19.7 Å². The summed E-state index contributed by atoms with van der Waals surface area (Å²) in [7, 11) is 0. The van der Waals surface area contributed by atoms with Crippen molar-refractivity contribution in [2.75, 3.05) is 12.3 Å². The topological polar surface area (TPSA) is 92.8 Å². The zero-order valence-electron chi connectivity index (χ0n) is 7.43. The average Bonchev–Trinajstić information content (AvgIpc) is 2.16. The van der Waals surface area contributed by atoms with Gasteiger partial charge in [-0.05, 0) is 17.7 Å². The zero-order chi connectivity index (χ0) is 10.6. The third-order valence-electron chi connectivity index (χ3n) is 1.61. The summed E-state index contributed by atoms with van der Waals surface area (Å²) in [5.74, 6) is -0.794. The van der Waals surface area contributed by atoms with E-state index in [2.05, 4.69) is 0 Å². The lowest BCUT2D eigenvalue weighted by Crippen LogP contribution is -2.10. The highest BCUT2D eigenvalue weighted by Gasteiger charge is 2.04. The number of nitrogens with two attached hydrogens (primary N) is 1. The number of hydrogen-bond donors (Lipinski definition) is 3. The van der Waals surface area contributed by atoms with E-state index in [0.29, 0.717) is 11.3 Å². The maximum Gasteiger partial charge on any atom is 0.341 e. The lowest BCUT2D eigenvalue weighted by molar-refractivity contribution is -0.139. The van der Waals surface area contributed by atoms with E-state index in [0.717, 1.165) is 0 Å². The standard InChI is InChI=1S/C9H11NO4/c10-7-2-1-6(4-11)3-8(7)14-5-9(12)13/h1-3,11H,4-5,10H2,(H,12,13). The summed E-state index contributed by atoms with van der Waals surface area (Å²) in [4.78, 5) is 10.2. The minimum absolute atomic E-state index is 0.135. The van der Waals surface area contributed by atoms with Crippen LogP contribution < -0.4 is 10.5 Å². The summed E-state index contributed by atoms with van der Waals surface area (Å²) in [5, 5.41) is 17.2. The molecule has 0 aliphatic carbocycles. The molecule has 14 heavy (non-hydrogen) atoms. The van der Waals surface area contributed by atoms with E-state index in [1.807, 2.05) is 0 Å². The summed E-state index contributed by atoms with van der Waals surface area (Å²) >= 11 is 0. The van der Waals surface area contributed by atoms with Crippen LogP contribution in [0.4, 0.5) is 5.69 Å². The fourth-order valence-electron chi connectivity index (χ4n) is 0.942. The minimum atomic E-state index is -1.07. The van der Waals surface area contributed by atoms with Gasteiger partial charge in [-0.1, -0.05) is 6.07 Å². The maximum atomic E-state index is 10.2. The molecule has 0 unspecified atom stereocenters. The number of benzene rings is 1. The molecule has 0 atom stereocenters. The molecule has 0 heterocycles. The molecule has 0 saturated carbocycles. The van der Waals surface area contributed by atoms with E-state index in [-0.39, 0.29) is 12.4 Å². The van der Waals surface area contributed by atoms with E-state index >= 15 is 0 Å². The molecule has 76 valence electrons. The number of ether oxygens (including phenoxy) is 1. The van der Waals surface area contributed by atoms with Gasteiger partial charge in [0.2, 0.25) is 0 Å². The van der Waals surface area contributed by atoms with Crippen LogP contribution in [0.25, 0.3) is 0 Å². The fraction of sp³-hybridized carbons (Fsp3) is 0.222. The molecule has 0 aromatic heterocycles. The predicted octanol–water partition coefficient (Wildman–Crippen LogP) is 0.224. The van der Waals surface area contributed by atoms with Crippen molar-refractivity contribution in [3.05, 3.63) is 23.8 Å². The van der Waals surface area contributed by atoms with Gasteiger partial charge < -0.3 is 20.7 Å².